The first-order chi connectivity index (χ1) is 24.2. The molecule has 1 atom stereocenters. The van der Waals surface area contributed by atoms with E-state index in [1.54, 1.807) is 0 Å². The predicted octanol–water partition coefficient (Wildman–Crippen LogP) is 11.3. The van der Waals surface area contributed by atoms with E-state index in [-0.39, 0.29) is 6.04 Å². The van der Waals surface area contributed by atoms with Gasteiger partial charge in [-0.05, 0) is 82.4 Å². The Kier molecular flexibility index (Phi) is 6.16. The third-order valence-corrected chi connectivity index (χ3v) is 10.4. The van der Waals surface area contributed by atoms with E-state index in [4.69, 9.17) is 0 Å². The fourth-order valence-corrected chi connectivity index (χ4v) is 8.07. The largest absolute Gasteiger partial charge is 0.350 e. The molecule has 49 heavy (non-hydrogen) atoms. The highest BCUT2D eigenvalue weighted by molar-refractivity contribution is 6.13. The number of rotatable bonds is 4. The lowest BCUT2D eigenvalue weighted by Gasteiger charge is -2.37. The van der Waals surface area contributed by atoms with Crippen LogP contribution in [0.15, 0.2) is 182 Å². The van der Waals surface area contributed by atoms with E-state index in [0.29, 0.717) is 0 Å². The van der Waals surface area contributed by atoms with E-state index in [1.807, 2.05) is 0 Å². The SMILES string of the molecule is CN1C(n2c3ccccc3c3cc(-c4ccc5c(c4)c4ccccc4n5-c4ccccc4)ccc32)=CC(c2ccccc2)=C2C=CC=CC21. The van der Waals surface area contributed by atoms with Crippen molar-refractivity contribution in [2.75, 3.05) is 7.05 Å². The van der Waals surface area contributed by atoms with E-state index in [1.165, 1.54) is 83.0 Å². The van der Waals surface area contributed by atoms with Crippen LogP contribution in [0, 0.1) is 0 Å². The molecule has 0 amide bonds. The molecule has 0 spiro atoms. The molecule has 3 heterocycles. The van der Waals surface area contributed by atoms with Crippen molar-refractivity contribution in [2.45, 2.75) is 6.04 Å². The van der Waals surface area contributed by atoms with Crippen molar-refractivity contribution < 1.29 is 0 Å². The molecule has 0 fully saturated rings. The molecule has 2 aliphatic rings. The smallest absolute Gasteiger partial charge is 0.114 e. The fourth-order valence-electron chi connectivity index (χ4n) is 8.07. The Labute approximate surface area is 285 Å². The second-order valence-corrected chi connectivity index (χ2v) is 13.0. The molecule has 1 aliphatic heterocycles. The minimum Gasteiger partial charge on any atom is -0.350 e. The lowest BCUT2D eigenvalue weighted by molar-refractivity contribution is 0.428. The first kappa shape index (κ1) is 27.8. The fraction of sp³-hybridized carbons (Fsp3) is 0.0435. The topological polar surface area (TPSA) is 13.1 Å². The summed E-state index contributed by atoms with van der Waals surface area (Å²) in [4.78, 5) is 2.41. The van der Waals surface area contributed by atoms with Gasteiger partial charge < -0.3 is 9.47 Å². The monoisotopic (exact) mass is 627 g/mol. The van der Waals surface area contributed by atoms with Gasteiger partial charge in [0.2, 0.25) is 0 Å². The third kappa shape index (κ3) is 4.22. The van der Waals surface area contributed by atoms with E-state index in [9.17, 15) is 0 Å². The Bertz CT molecular complexity index is 2720. The van der Waals surface area contributed by atoms with Gasteiger partial charge in [0.15, 0.2) is 0 Å². The molecule has 1 unspecified atom stereocenters. The van der Waals surface area contributed by atoms with Crippen molar-refractivity contribution in [1.29, 1.82) is 0 Å². The quantitative estimate of drug-likeness (QED) is 0.189. The highest BCUT2D eigenvalue weighted by Gasteiger charge is 2.29. The first-order valence-electron chi connectivity index (χ1n) is 17.0. The first-order valence-corrected chi connectivity index (χ1v) is 17.0. The number of aromatic nitrogens is 2. The van der Waals surface area contributed by atoms with Crippen molar-refractivity contribution >= 4 is 55.0 Å². The number of likely N-dealkylation sites (N-methyl/N-ethyl adjacent to an activating group) is 1. The van der Waals surface area contributed by atoms with Crippen LogP contribution >= 0.6 is 0 Å². The molecule has 0 bridgehead atoms. The molecule has 0 N–H and O–H groups in total. The Morgan fingerprint density at radius 3 is 1.69 bits per heavy atom. The van der Waals surface area contributed by atoms with E-state index in [2.05, 4.69) is 197 Å². The number of nitrogens with zero attached hydrogens (tertiary/aromatic N) is 3. The van der Waals surface area contributed by atoms with Crippen LogP contribution in [0.2, 0.25) is 0 Å². The maximum absolute atomic E-state index is 2.46. The van der Waals surface area contributed by atoms with Gasteiger partial charge in [-0.15, -0.1) is 0 Å². The summed E-state index contributed by atoms with van der Waals surface area (Å²) in [7, 11) is 2.22. The highest BCUT2D eigenvalue weighted by atomic mass is 15.3. The second kappa shape index (κ2) is 10.9. The third-order valence-electron chi connectivity index (χ3n) is 10.4. The van der Waals surface area contributed by atoms with Crippen LogP contribution in [0.1, 0.15) is 5.56 Å². The van der Waals surface area contributed by atoms with Crippen LogP contribution in [0.25, 0.3) is 71.8 Å². The van der Waals surface area contributed by atoms with Crippen molar-refractivity contribution in [3.8, 4) is 16.8 Å². The van der Waals surface area contributed by atoms with Crippen molar-refractivity contribution in [1.82, 2.24) is 14.0 Å². The van der Waals surface area contributed by atoms with Crippen molar-refractivity contribution in [2.24, 2.45) is 0 Å². The highest BCUT2D eigenvalue weighted by Crippen LogP contribution is 2.42. The van der Waals surface area contributed by atoms with E-state index in [0.717, 1.165) is 0 Å². The summed E-state index contributed by atoms with van der Waals surface area (Å²) in [6, 6.07) is 53.1. The zero-order valence-corrected chi connectivity index (χ0v) is 27.2. The minimum absolute atomic E-state index is 0.153. The van der Waals surface area contributed by atoms with Gasteiger partial charge in [0, 0.05) is 34.3 Å². The van der Waals surface area contributed by atoms with Crippen molar-refractivity contribution in [3.05, 3.63) is 187 Å². The molecule has 10 rings (SSSR count). The molecule has 6 aromatic carbocycles. The molecule has 0 radical (unpaired) electrons. The average molecular weight is 628 g/mol. The van der Waals surface area contributed by atoms with Gasteiger partial charge in [0.05, 0.1) is 28.1 Å². The number of allylic oxidation sites excluding steroid dienone is 4. The maximum Gasteiger partial charge on any atom is 0.114 e. The lowest BCUT2D eigenvalue weighted by atomic mass is 9.88. The van der Waals surface area contributed by atoms with Gasteiger partial charge in [-0.3, -0.25) is 4.57 Å². The van der Waals surface area contributed by atoms with Gasteiger partial charge >= 0.3 is 0 Å². The molecule has 8 aromatic rings. The molecular formula is C46H33N3. The molecular weight excluding hydrogens is 595 g/mol. The van der Waals surface area contributed by atoms with Crippen LogP contribution in [0.3, 0.4) is 0 Å². The van der Waals surface area contributed by atoms with Crippen LogP contribution in [0.5, 0.6) is 0 Å². The summed E-state index contributed by atoms with van der Waals surface area (Å²) in [5, 5.41) is 5.04. The van der Waals surface area contributed by atoms with Gasteiger partial charge in [-0.2, -0.15) is 0 Å². The summed E-state index contributed by atoms with van der Waals surface area (Å²) in [5.41, 5.74) is 12.3. The predicted molar refractivity (Wildman–Crippen MR) is 207 cm³/mol. The molecule has 3 nitrogen and oxygen atoms in total. The van der Waals surface area contributed by atoms with Crippen molar-refractivity contribution in [3.63, 3.8) is 0 Å². The molecule has 1 aliphatic carbocycles. The van der Waals surface area contributed by atoms with Crippen LogP contribution < -0.4 is 0 Å². The molecule has 2 aromatic heterocycles. The number of fused-ring (bicyclic) bond motifs is 7. The molecule has 0 saturated carbocycles. The lowest BCUT2D eigenvalue weighted by Crippen LogP contribution is -2.35. The maximum atomic E-state index is 2.46. The Morgan fingerprint density at radius 1 is 0.469 bits per heavy atom. The number of benzene rings is 6. The van der Waals surface area contributed by atoms with Gasteiger partial charge in [0.25, 0.3) is 0 Å². The Morgan fingerprint density at radius 2 is 1.02 bits per heavy atom. The second-order valence-electron chi connectivity index (χ2n) is 13.0. The van der Waals surface area contributed by atoms with Crippen LogP contribution in [-0.2, 0) is 0 Å². The number of para-hydroxylation sites is 3. The van der Waals surface area contributed by atoms with Gasteiger partial charge in [-0.25, -0.2) is 0 Å². The summed E-state index contributed by atoms with van der Waals surface area (Å²) in [5.74, 6) is 1.17. The van der Waals surface area contributed by atoms with E-state index < -0.39 is 0 Å². The summed E-state index contributed by atoms with van der Waals surface area (Å²) >= 11 is 0. The Balaban J connectivity index is 1.17. The Hall–Kier alpha value is -6.32. The summed E-state index contributed by atoms with van der Waals surface area (Å²) in [6.07, 6.45) is 11.3. The normalized spacial score (nSPS) is 15.9. The minimum atomic E-state index is 0.153. The van der Waals surface area contributed by atoms with Gasteiger partial charge in [0.1, 0.15) is 5.82 Å². The van der Waals surface area contributed by atoms with Gasteiger partial charge in [-0.1, -0.05) is 121 Å². The summed E-state index contributed by atoms with van der Waals surface area (Å²) in [6.45, 7) is 0. The van der Waals surface area contributed by atoms with E-state index >= 15 is 0 Å². The average Bonchev–Trinajstić information content (AvgIpc) is 3.68. The molecule has 3 heteroatoms. The zero-order valence-electron chi connectivity index (χ0n) is 27.2. The number of hydrogen-bond donors (Lipinski definition) is 0. The van der Waals surface area contributed by atoms with Crippen LogP contribution in [-0.4, -0.2) is 27.1 Å². The molecule has 0 saturated heterocycles. The number of hydrogen-bond acceptors (Lipinski definition) is 1. The molecule has 232 valence electrons. The summed E-state index contributed by atoms with van der Waals surface area (Å²) < 4.78 is 4.83. The standard InChI is InChI=1S/C46H33N3/c1-47-41-21-11-8-18-35(41)38(31-14-4-2-5-15-31)30-46(47)49-43-23-13-10-20-37(43)40-29-33(25-27-45(40)49)32-24-26-44-39(28-32)36-19-9-12-22-42(36)48(44)34-16-6-3-7-17-34/h2-30,41H,1H3. The zero-order chi connectivity index (χ0) is 32.5. The van der Waals surface area contributed by atoms with Crippen LogP contribution in [0.4, 0.5) is 0 Å².